The first-order chi connectivity index (χ1) is 12.6. The summed E-state index contributed by atoms with van der Waals surface area (Å²) < 4.78 is 0. The lowest BCUT2D eigenvalue weighted by atomic mass is 9.57. The standard InChI is InChI=1S/C25H27N/c1-17-13-18(2)15-20(14-17)24-22-6-4-3-5-21(22)23(16-26-24)25-10-7-19(8-11-25)9-12-25/h3-6,13-16,19H,7-12H2,1-2H3. The second kappa shape index (κ2) is 5.94. The second-order valence-electron chi connectivity index (χ2n) is 8.70. The first-order valence-corrected chi connectivity index (χ1v) is 10.1. The third-order valence-corrected chi connectivity index (χ3v) is 6.95. The molecule has 0 spiro atoms. The lowest BCUT2D eigenvalue weighted by molar-refractivity contribution is 0.137. The second-order valence-corrected chi connectivity index (χ2v) is 8.70. The van der Waals surface area contributed by atoms with Gasteiger partial charge >= 0.3 is 0 Å². The molecule has 3 aromatic rings. The highest BCUT2D eigenvalue weighted by Gasteiger charge is 2.42. The van der Waals surface area contributed by atoms with E-state index in [9.17, 15) is 0 Å². The minimum atomic E-state index is 0.377. The Hall–Kier alpha value is -2.15. The van der Waals surface area contributed by atoms with Gasteiger partial charge in [0.15, 0.2) is 0 Å². The van der Waals surface area contributed by atoms with Crippen LogP contribution in [0.1, 0.15) is 55.2 Å². The molecule has 3 aliphatic carbocycles. The molecule has 3 aliphatic rings. The molecule has 0 aliphatic heterocycles. The molecule has 2 aromatic carbocycles. The van der Waals surface area contributed by atoms with Crippen molar-refractivity contribution in [2.24, 2.45) is 5.92 Å². The molecule has 132 valence electrons. The summed E-state index contributed by atoms with van der Waals surface area (Å²) in [5.74, 6) is 0.991. The summed E-state index contributed by atoms with van der Waals surface area (Å²) in [6, 6.07) is 15.7. The fourth-order valence-electron chi connectivity index (χ4n) is 5.61. The predicted molar refractivity (Wildman–Crippen MR) is 110 cm³/mol. The van der Waals surface area contributed by atoms with Crippen LogP contribution in [-0.2, 0) is 5.41 Å². The molecule has 0 unspecified atom stereocenters. The van der Waals surface area contributed by atoms with Crippen molar-refractivity contribution in [2.75, 3.05) is 0 Å². The van der Waals surface area contributed by atoms with E-state index >= 15 is 0 Å². The third-order valence-electron chi connectivity index (χ3n) is 6.95. The van der Waals surface area contributed by atoms with Gasteiger partial charge in [0.25, 0.3) is 0 Å². The number of hydrogen-bond donors (Lipinski definition) is 0. The van der Waals surface area contributed by atoms with E-state index in [2.05, 4.69) is 62.5 Å². The highest BCUT2D eigenvalue weighted by atomic mass is 14.7. The summed E-state index contributed by atoms with van der Waals surface area (Å²) in [4.78, 5) is 5.04. The van der Waals surface area contributed by atoms with Crippen LogP contribution in [0.25, 0.3) is 22.0 Å². The smallest absolute Gasteiger partial charge is 0.0780 e. The zero-order valence-corrected chi connectivity index (χ0v) is 15.9. The van der Waals surface area contributed by atoms with Gasteiger partial charge in [0.2, 0.25) is 0 Å². The summed E-state index contributed by atoms with van der Waals surface area (Å²) in [7, 11) is 0. The number of fused-ring (bicyclic) bond motifs is 4. The Kier molecular flexibility index (Phi) is 3.67. The quantitative estimate of drug-likeness (QED) is 0.503. The van der Waals surface area contributed by atoms with Gasteiger partial charge in [-0.1, -0.05) is 41.5 Å². The van der Waals surface area contributed by atoms with E-state index in [1.807, 2.05) is 0 Å². The van der Waals surface area contributed by atoms with Crippen LogP contribution in [0.4, 0.5) is 0 Å². The number of aromatic nitrogens is 1. The third kappa shape index (κ3) is 2.48. The summed E-state index contributed by atoms with van der Waals surface area (Å²) in [5.41, 5.74) is 6.88. The lowest BCUT2D eigenvalue weighted by Gasteiger charge is -2.47. The zero-order valence-electron chi connectivity index (χ0n) is 15.9. The molecule has 2 bridgehead atoms. The fraction of sp³-hybridized carbons (Fsp3) is 0.400. The Bertz CT molecular complexity index is 943. The first kappa shape index (κ1) is 16.1. The van der Waals surface area contributed by atoms with Crippen LogP contribution in [0.2, 0.25) is 0 Å². The molecule has 1 heteroatoms. The van der Waals surface area contributed by atoms with Crippen LogP contribution in [0, 0.1) is 19.8 Å². The van der Waals surface area contributed by atoms with Crippen LogP contribution >= 0.6 is 0 Å². The van der Waals surface area contributed by atoms with Crippen molar-refractivity contribution in [3.63, 3.8) is 0 Å². The number of rotatable bonds is 2. The van der Waals surface area contributed by atoms with Crippen molar-refractivity contribution in [1.82, 2.24) is 4.98 Å². The van der Waals surface area contributed by atoms with Crippen molar-refractivity contribution < 1.29 is 0 Å². The van der Waals surface area contributed by atoms with Gasteiger partial charge in [-0.2, -0.15) is 0 Å². The van der Waals surface area contributed by atoms with Crippen molar-refractivity contribution >= 4 is 10.8 Å². The monoisotopic (exact) mass is 341 g/mol. The summed E-state index contributed by atoms with van der Waals surface area (Å²) in [6.07, 6.45) is 10.5. The Labute approximate surface area is 156 Å². The summed E-state index contributed by atoms with van der Waals surface area (Å²) in [5, 5.41) is 2.74. The molecule has 0 saturated heterocycles. The Morgan fingerprint density at radius 3 is 2.12 bits per heavy atom. The first-order valence-electron chi connectivity index (χ1n) is 10.1. The highest BCUT2D eigenvalue weighted by Crippen LogP contribution is 2.53. The van der Waals surface area contributed by atoms with Gasteiger partial charge in [-0.25, -0.2) is 0 Å². The number of pyridine rings is 1. The van der Waals surface area contributed by atoms with Gasteiger partial charge in [0.1, 0.15) is 0 Å². The maximum Gasteiger partial charge on any atom is 0.0780 e. The maximum absolute atomic E-state index is 5.04. The van der Waals surface area contributed by atoms with Crippen molar-refractivity contribution in [3.05, 3.63) is 65.4 Å². The zero-order chi connectivity index (χ0) is 17.7. The average Bonchev–Trinajstić information content (AvgIpc) is 2.68. The molecule has 3 saturated carbocycles. The summed E-state index contributed by atoms with van der Waals surface area (Å²) in [6.45, 7) is 4.35. The van der Waals surface area contributed by atoms with E-state index in [0.29, 0.717) is 5.41 Å². The normalized spacial score (nSPS) is 24.9. The van der Waals surface area contributed by atoms with E-state index in [1.165, 1.54) is 71.6 Å². The van der Waals surface area contributed by atoms with Crippen molar-refractivity contribution in [3.8, 4) is 11.3 Å². The van der Waals surface area contributed by atoms with E-state index < -0.39 is 0 Å². The Morgan fingerprint density at radius 1 is 0.846 bits per heavy atom. The van der Waals surface area contributed by atoms with E-state index in [1.54, 1.807) is 0 Å². The molecular formula is C25H27N. The van der Waals surface area contributed by atoms with Gasteiger partial charge in [-0.3, -0.25) is 4.98 Å². The topological polar surface area (TPSA) is 12.9 Å². The number of benzene rings is 2. The van der Waals surface area contributed by atoms with Crippen LogP contribution in [0.15, 0.2) is 48.7 Å². The van der Waals surface area contributed by atoms with E-state index in [4.69, 9.17) is 4.98 Å². The van der Waals surface area contributed by atoms with Gasteiger partial charge < -0.3 is 0 Å². The Balaban J connectivity index is 1.72. The molecule has 1 nitrogen and oxygen atoms in total. The minimum Gasteiger partial charge on any atom is -0.255 e. The molecule has 0 amide bonds. The average molecular weight is 341 g/mol. The summed E-state index contributed by atoms with van der Waals surface area (Å²) >= 11 is 0. The van der Waals surface area contributed by atoms with Gasteiger partial charge in [-0.15, -0.1) is 0 Å². The molecule has 1 aromatic heterocycles. The van der Waals surface area contributed by atoms with Crippen LogP contribution in [0.5, 0.6) is 0 Å². The van der Waals surface area contributed by atoms with Crippen LogP contribution in [-0.4, -0.2) is 4.98 Å². The van der Waals surface area contributed by atoms with Gasteiger partial charge in [-0.05, 0) is 86.8 Å². The SMILES string of the molecule is Cc1cc(C)cc(-c2ncc(C34CCC(CC3)CC4)c3ccccc23)c1. The molecule has 1 heterocycles. The lowest BCUT2D eigenvalue weighted by Crippen LogP contribution is -2.37. The Morgan fingerprint density at radius 2 is 1.46 bits per heavy atom. The molecule has 0 N–H and O–H groups in total. The number of hydrogen-bond acceptors (Lipinski definition) is 1. The maximum atomic E-state index is 5.04. The molecule has 0 atom stereocenters. The van der Waals surface area contributed by atoms with Crippen molar-refractivity contribution in [1.29, 1.82) is 0 Å². The largest absolute Gasteiger partial charge is 0.255 e. The molecule has 6 rings (SSSR count). The molecule has 0 radical (unpaired) electrons. The predicted octanol–water partition coefficient (Wildman–Crippen LogP) is 6.74. The van der Waals surface area contributed by atoms with Gasteiger partial charge in [0, 0.05) is 17.1 Å². The molecule has 26 heavy (non-hydrogen) atoms. The van der Waals surface area contributed by atoms with Crippen molar-refractivity contribution in [2.45, 2.75) is 57.8 Å². The van der Waals surface area contributed by atoms with Crippen LogP contribution in [0.3, 0.4) is 0 Å². The highest BCUT2D eigenvalue weighted by molar-refractivity contribution is 5.97. The molecular weight excluding hydrogens is 314 g/mol. The van der Waals surface area contributed by atoms with E-state index in [0.717, 1.165) is 11.6 Å². The fourth-order valence-corrected chi connectivity index (χ4v) is 5.61. The van der Waals surface area contributed by atoms with E-state index in [-0.39, 0.29) is 0 Å². The number of nitrogens with zero attached hydrogens (tertiary/aromatic N) is 1. The minimum absolute atomic E-state index is 0.377. The molecule has 3 fully saturated rings. The van der Waals surface area contributed by atoms with Crippen LogP contribution < -0.4 is 0 Å². The van der Waals surface area contributed by atoms with Gasteiger partial charge in [0.05, 0.1) is 5.69 Å². The number of aryl methyl sites for hydroxylation is 2.